The summed E-state index contributed by atoms with van der Waals surface area (Å²) < 4.78 is 5.06. The molecule has 0 fully saturated rings. The minimum atomic E-state index is -0.483. The second-order valence-corrected chi connectivity index (χ2v) is 4.51. The molecule has 1 aromatic heterocycles. The lowest BCUT2D eigenvalue weighted by atomic mass is 9.99. The van der Waals surface area contributed by atoms with Crippen molar-refractivity contribution in [3.63, 3.8) is 0 Å². The molecule has 0 radical (unpaired) electrons. The molecule has 20 heavy (non-hydrogen) atoms. The highest BCUT2D eigenvalue weighted by atomic mass is 16.5. The number of carbonyl (C=O) groups is 1. The molecule has 2 unspecified atom stereocenters. The van der Waals surface area contributed by atoms with Crippen LogP contribution in [0.25, 0.3) is 0 Å². The highest BCUT2D eigenvalue weighted by Gasteiger charge is 2.19. The minimum Gasteiger partial charge on any atom is -0.372 e. The van der Waals surface area contributed by atoms with Crippen LogP contribution in [0.5, 0.6) is 0 Å². The molecule has 0 aliphatic heterocycles. The molecule has 104 valence electrons. The summed E-state index contributed by atoms with van der Waals surface area (Å²) in [5.41, 5.74) is 2.01. The Morgan fingerprint density at radius 3 is 2.30 bits per heavy atom. The Kier molecular flexibility index (Phi) is 4.85. The van der Waals surface area contributed by atoms with E-state index < -0.39 is 6.10 Å². The van der Waals surface area contributed by atoms with Gasteiger partial charge in [-0.25, -0.2) is 0 Å². The molecule has 0 saturated carbocycles. The normalized spacial score (nSPS) is 13.5. The fourth-order valence-electron chi connectivity index (χ4n) is 1.93. The van der Waals surface area contributed by atoms with Crippen LogP contribution < -0.4 is 5.32 Å². The van der Waals surface area contributed by atoms with E-state index in [4.69, 9.17) is 4.74 Å². The van der Waals surface area contributed by atoms with Crippen molar-refractivity contribution in [2.24, 2.45) is 0 Å². The summed E-state index contributed by atoms with van der Waals surface area (Å²) in [6.45, 7) is 1.73. The number of hydrogen-bond donors (Lipinski definition) is 1. The molecule has 1 heterocycles. The molecule has 4 nitrogen and oxygen atoms in total. The largest absolute Gasteiger partial charge is 0.372 e. The van der Waals surface area contributed by atoms with E-state index in [0.717, 1.165) is 11.1 Å². The van der Waals surface area contributed by atoms with Crippen molar-refractivity contribution < 1.29 is 9.53 Å². The molecule has 1 N–H and O–H groups in total. The molecule has 2 rings (SSSR count). The molecule has 0 bridgehead atoms. The number of amides is 1. The Balaban J connectivity index is 2.28. The average molecular weight is 270 g/mol. The van der Waals surface area contributed by atoms with Gasteiger partial charge < -0.3 is 10.1 Å². The van der Waals surface area contributed by atoms with Crippen LogP contribution in [0.2, 0.25) is 0 Å². The third-order valence-corrected chi connectivity index (χ3v) is 3.18. The number of nitrogens with zero attached hydrogens (tertiary/aromatic N) is 1. The number of ether oxygens (including phenoxy) is 1. The van der Waals surface area contributed by atoms with Crippen LogP contribution in [-0.2, 0) is 9.53 Å². The summed E-state index contributed by atoms with van der Waals surface area (Å²) in [7, 11) is 1.52. The topological polar surface area (TPSA) is 51.2 Å². The van der Waals surface area contributed by atoms with Crippen molar-refractivity contribution in [3.05, 3.63) is 66.0 Å². The first kappa shape index (κ1) is 14.2. The fourth-order valence-corrected chi connectivity index (χ4v) is 1.93. The van der Waals surface area contributed by atoms with Crippen LogP contribution in [0.15, 0.2) is 54.9 Å². The number of nitrogens with one attached hydrogen (secondary N) is 1. The Labute approximate surface area is 118 Å². The minimum absolute atomic E-state index is 0.141. The number of rotatable bonds is 5. The second kappa shape index (κ2) is 6.82. The number of carbonyl (C=O) groups excluding carboxylic acids is 1. The standard InChI is InChI=1S/C16H18N2O2/c1-12(20-2)16(19)18-15(13-6-4-3-5-7-13)14-8-10-17-11-9-14/h3-12,15H,1-2H3,(H,18,19). The summed E-state index contributed by atoms with van der Waals surface area (Å²) in [5.74, 6) is -0.141. The van der Waals surface area contributed by atoms with Crippen molar-refractivity contribution in [2.75, 3.05) is 7.11 Å². The lowest BCUT2D eigenvalue weighted by Gasteiger charge is -2.21. The molecular formula is C16H18N2O2. The van der Waals surface area contributed by atoms with Crippen molar-refractivity contribution in [2.45, 2.75) is 19.1 Å². The number of methoxy groups -OCH3 is 1. The lowest BCUT2D eigenvalue weighted by Crippen LogP contribution is -2.37. The van der Waals surface area contributed by atoms with E-state index in [1.54, 1.807) is 19.3 Å². The van der Waals surface area contributed by atoms with E-state index in [1.165, 1.54) is 7.11 Å². The lowest BCUT2D eigenvalue weighted by molar-refractivity contribution is -0.130. The van der Waals surface area contributed by atoms with Crippen molar-refractivity contribution in [1.82, 2.24) is 10.3 Å². The van der Waals surface area contributed by atoms with Gasteiger partial charge in [0.05, 0.1) is 6.04 Å². The van der Waals surface area contributed by atoms with Gasteiger partial charge in [-0.1, -0.05) is 30.3 Å². The zero-order valence-electron chi connectivity index (χ0n) is 11.6. The average Bonchev–Trinajstić information content (AvgIpc) is 2.53. The molecule has 2 aromatic rings. The smallest absolute Gasteiger partial charge is 0.249 e. The first-order valence-corrected chi connectivity index (χ1v) is 6.50. The highest BCUT2D eigenvalue weighted by Crippen LogP contribution is 2.21. The van der Waals surface area contributed by atoms with Crippen LogP contribution in [0, 0.1) is 0 Å². The van der Waals surface area contributed by atoms with Crippen LogP contribution in [-0.4, -0.2) is 24.1 Å². The van der Waals surface area contributed by atoms with Gasteiger partial charge in [-0.15, -0.1) is 0 Å². The van der Waals surface area contributed by atoms with Gasteiger partial charge in [0.2, 0.25) is 5.91 Å². The van der Waals surface area contributed by atoms with Crippen LogP contribution in [0.4, 0.5) is 0 Å². The molecule has 0 aliphatic carbocycles. The first-order valence-electron chi connectivity index (χ1n) is 6.50. The van der Waals surface area contributed by atoms with E-state index in [9.17, 15) is 4.79 Å². The summed E-state index contributed by atoms with van der Waals surface area (Å²) in [6.07, 6.45) is 2.96. The maximum Gasteiger partial charge on any atom is 0.249 e. The van der Waals surface area contributed by atoms with E-state index in [1.807, 2.05) is 42.5 Å². The quantitative estimate of drug-likeness (QED) is 0.907. The fraction of sp³-hybridized carbons (Fsp3) is 0.250. The van der Waals surface area contributed by atoms with Crippen LogP contribution in [0.3, 0.4) is 0 Å². The van der Waals surface area contributed by atoms with Gasteiger partial charge in [0.25, 0.3) is 0 Å². The first-order chi connectivity index (χ1) is 9.72. The SMILES string of the molecule is COC(C)C(=O)NC(c1ccccc1)c1ccncc1. The van der Waals surface area contributed by atoms with Gasteiger partial charge in [0, 0.05) is 19.5 Å². The van der Waals surface area contributed by atoms with E-state index in [-0.39, 0.29) is 11.9 Å². The summed E-state index contributed by atoms with van der Waals surface area (Å²) in [5, 5.41) is 3.01. The molecule has 1 amide bonds. The molecule has 0 spiro atoms. The number of pyridine rings is 1. The van der Waals surface area contributed by atoms with E-state index in [0.29, 0.717) is 0 Å². The predicted octanol–water partition coefficient (Wildman–Crippen LogP) is 2.32. The third kappa shape index (κ3) is 3.42. The van der Waals surface area contributed by atoms with Crippen molar-refractivity contribution in [1.29, 1.82) is 0 Å². The highest BCUT2D eigenvalue weighted by molar-refractivity contribution is 5.81. The Morgan fingerprint density at radius 2 is 1.70 bits per heavy atom. The van der Waals surface area contributed by atoms with E-state index >= 15 is 0 Å². The monoisotopic (exact) mass is 270 g/mol. The van der Waals surface area contributed by atoms with Crippen LogP contribution >= 0.6 is 0 Å². The van der Waals surface area contributed by atoms with Crippen LogP contribution in [0.1, 0.15) is 24.1 Å². The molecule has 4 heteroatoms. The number of benzene rings is 1. The summed E-state index contributed by atoms with van der Waals surface area (Å²) in [6, 6.07) is 13.4. The molecule has 0 saturated heterocycles. The van der Waals surface area contributed by atoms with Gasteiger partial charge >= 0.3 is 0 Å². The summed E-state index contributed by atoms with van der Waals surface area (Å²) >= 11 is 0. The zero-order chi connectivity index (χ0) is 14.4. The molecule has 0 aliphatic rings. The number of aromatic nitrogens is 1. The van der Waals surface area contributed by atoms with Crippen molar-refractivity contribution >= 4 is 5.91 Å². The van der Waals surface area contributed by atoms with Gasteiger partial charge in [0.15, 0.2) is 0 Å². The molecule has 1 aromatic carbocycles. The van der Waals surface area contributed by atoms with E-state index in [2.05, 4.69) is 10.3 Å². The second-order valence-electron chi connectivity index (χ2n) is 4.51. The van der Waals surface area contributed by atoms with Gasteiger partial charge in [0.1, 0.15) is 6.10 Å². The molecule has 2 atom stereocenters. The maximum absolute atomic E-state index is 12.1. The Hall–Kier alpha value is -2.20. The Morgan fingerprint density at radius 1 is 1.10 bits per heavy atom. The molecular weight excluding hydrogens is 252 g/mol. The van der Waals surface area contributed by atoms with Crippen molar-refractivity contribution in [3.8, 4) is 0 Å². The maximum atomic E-state index is 12.1. The van der Waals surface area contributed by atoms with Gasteiger partial charge in [-0.2, -0.15) is 0 Å². The Bertz CT molecular complexity index is 503. The van der Waals surface area contributed by atoms with Gasteiger partial charge in [-0.3, -0.25) is 9.78 Å². The third-order valence-electron chi connectivity index (χ3n) is 3.18. The summed E-state index contributed by atoms with van der Waals surface area (Å²) in [4.78, 5) is 16.1. The predicted molar refractivity (Wildman–Crippen MR) is 77.1 cm³/mol. The van der Waals surface area contributed by atoms with Gasteiger partial charge in [-0.05, 0) is 30.2 Å². The zero-order valence-corrected chi connectivity index (χ0v) is 11.6. The number of hydrogen-bond acceptors (Lipinski definition) is 3.